The lowest BCUT2D eigenvalue weighted by molar-refractivity contribution is -0.141. The number of ether oxygens (including phenoxy) is 2. The molecule has 12 nitrogen and oxygen atoms in total. The lowest BCUT2D eigenvalue weighted by Crippen LogP contribution is -2.42. The molecule has 0 unspecified atom stereocenters. The summed E-state index contributed by atoms with van der Waals surface area (Å²) in [5.41, 5.74) is -0.243. The number of anilines is 1. The molecule has 3 aromatic rings. The van der Waals surface area contributed by atoms with Crippen molar-refractivity contribution in [1.29, 1.82) is 0 Å². The molecule has 4 N–H and O–H groups in total. The Hall–Kier alpha value is -3.54. The van der Waals surface area contributed by atoms with E-state index < -0.39 is 73.3 Å². The van der Waals surface area contributed by atoms with Crippen LogP contribution in [0.1, 0.15) is 40.3 Å². The molecule has 0 radical (unpaired) electrons. The zero-order valence-electron chi connectivity index (χ0n) is 24.0. The van der Waals surface area contributed by atoms with Crippen molar-refractivity contribution in [2.45, 2.75) is 37.4 Å². The first-order chi connectivity index (χ1) is 21.1. The van der Waals surface area contributed by atoms with Crippen molar-refractivity contribution >= 4 is 56.2 Å². The van der Waals surface area contributed by atoms with Crippen molar-refractivity contribution in [3.05, 3.63) is 82.3 Å². The smallest absolute Gasteiger partial charge is 0.356 e. The highest BCUT2D eigenvalue weighted by Gasteiger charge is 2.24. The Bertz CT molecular complexity index is 1610. The summed E-state index contributed by atoms with van der Waals surface area (Å²) in [4.78, 5) is 37.0. The van der Waals surface area contributed by atoms with E-state index in [-0.39, 0.29) is 47.3 Å². The van der Waals surface area contributed by atoms with Crippen LogP contribution < -0.4 is 15.8 Å². The second kappa shape index (κ2) is 16.1. The van der Waals surface area contributed by atoms with Gasteiger partial charge < -0.3 is 29.1 Å². The summed E-state index contributed by atoms with van der Waals surface area (Å²) in [6.07, 6.45) is 1.45. The molecular weight excluding hydrogens is 660 g/mol. The van der Waals surface area contributed by atoms with Crippen LogP contribution in [0.3, 0.4) is 0 Å². The molecule has 1 aromatic heterocycles. The minimum absolute atomic E-state index is 0.125. The minimum Gasteiger partial charge on any atom is -0.616 e. The maximum Gasteiger partial charge on any atom is 0.356 e. The van der Waals surface area contributed by atoms with E-state index in [0.29, 0.717) is 11.8 Å². The normalized spacial score (nSPS) is 13.5. The van der Waals surface area contributed by atoms with Gasteiger partial charge >= 0.3 is 11.9 Å². The topological polar surface area (TPSA) is 190 Å². The average Bonchev–Trinajstić information content (AvgIpc) is 3.47. The molecule has 0 saturated heterocycles. The van der Waals surface area contributed by atoms with E-state index in [9.17, 15) is 36.1 Å². The monoisotopic (exact) mass is 689 g/mol. The van der Waals surface area contributed by atoms with Gasteiger partial charge in [-0.1, -0.05) is 11.6 Å². The number of nitrogens with two attached hydrogens (primary N) is 1. The third-order valence-electron chi connectivity index (χ3n) is 6.02. The number of rotatable bonds is 16. The first kappa shape index (κ1) is 35.9. The Morgan fingerprint density at radius 1 is 1.11 bits per heavy atom. The number of benzene rings is 2. The predicted molar refractivity (Wildman–Crippen MR) is 161 cm³/mol. The number of carbonyl (C=O) groups excluding carboxylic acids is 3. The van der Waals surface area contributed by atoms with Gasteiger partial charge in [0.1, 0.15) is 41.3 Å². The first-order valence-electron chi connectivity index (χ1n) is 13.2. The molecule has 0 amide bonds. The molecule has 45 heavy (non-hydrogen) atoms. The number of halogens is 3. The molecule has 0 fully saturated rings. The van der Waals surface area contributed by atoms with E-state index in [1.165, 1.54) is 19.3 Å². The Morgan fingerprint density at radius 3 is 2.42 bits per heavy atom. The standard InChI is InChI=1S/C28H30ClF2N3O9S2/c1-16(34-17(2)27(36)18-8-19(30)10-20(31)9-18)14-43-26(35)15-44(38)7-6-42-28(37)22-11-25(45(32,39)40)23(29)12-24(22)33-13-21-4-3-5-41-21/h3-5,8-12,16-17,33-34H,6-7,13-15H2,1-2H3,(H2,32,39,40)/t16-,17-,44+/m1/s1. The van der Waals surface area contributed by atoms with Crippen LogP contribution >= 0.6 is 11.6 Å². The van der Waals surface area contributed by atoms with Gasteiger partial charge in [0.05, 0.1) is 35.1 Å². The number of carbonyl (C=O) groups is 3. The largest absolute Gasteiger partial charge is 0.616 e. The lowest BCUT2D eigenvalue weighted by atomic mass is 10.0. The van der Waals surface area contributed by atoms with Gasteiger partial charge in [-0.3, -0.25) is 4.79 Å². The molecule has 1 heterocycles. The average molecular weight is 690 g/mol. The Morgan fingerprint density at radius 2 is 1.80 bits per heavy atom. The molecule has 244 valence electrons. The SMILES string of the molecule is C[C@H](COC(=O)C[S@@+]([O-])CCOC(=O)c1cc(S(N)(=O)=O)c(Cl)cc1NCc1ccco1)N[C@H](C)C(=O)c1cc(F)cc(F)c1. The maximum atomic E-state index is 13.4. The van der Waals surface area contributed by atoms with Crippen LogP contribution in [0.5, 0.6) is 0 Å². The second-order valence-corrected chi connectivity index (χ2v) is 13.2. The van der Waals surface area contributed by atoms with Crippen LogP contribution in [-0.4, -0.2) is 67.5 Å². The molecule has 0 spiro atoms. The van der Waals surface area contributed by atoms with Crippen molar-refractivity contribution in [2.24, 2.45) is 5.14 Å². The first-order valence-corrected chi connectivity index (χ1v) is 16.6. The van der Waals surface area contributed by atoms with E-state index in [1.807, 2.05) is 0 Å². The maximum absolute atomic E-state index is 13.4. The number of furan rings is 1. The van der Waals surface area contributed by atoms with Crippen molar-refractivity contribution in [1.82, 2.24) is 5.32 Å². The van der Waals surface area contributed by atoms with Crippen LogP contribution in [0.15, 0.2) is 58.0 Å². The fourth-order valence-corrected chi connectivity index (χ4v) is 5.81. The number of primary sulfonamides is 1. The Balaban J connectivity index is 1.48. The van der Waals surface area contributed by atoms with Gasteiger partial charge in [0, 0.05) is 17.7 Å². The number of hydrogen-bond donors (Lipinski definition) is 3. The number of esters is 2. The number of hydrogen-bond acceptors (Lipinski definition) is 11. The summed E-state index contributed by atoms with van der Waals surface area (Å²) < 4.78 is 78.6. The van der Waals surface area contributed by atoms with E-state index in [2.05, 4.69) is 10.6 Å². The van der Waals surface area contributed by atoms with Gasteiger partial charge in [-0.15, -0.1) is 0 Å². The molecule has 0 aliphatic carbocycles. The Kier molecular flexibility index (Phi) is 12.9. The molecule has 0 bridgehead atoms. The summed E-state index contributed by atoms with van der Waals surface area (Å²) in [7, 11) is -4.29. The van der Waals surface area contributed by atoms with Gasteiger partial charge in [0.15, 0.2) is 5.78 Å². The summed E-state index contributed by atoms with van der Waals surface area (Å²) in [6.45, 7) is 2.63. The van der Waals surface area contributed by atoms with Crippen molar-refractivity contribution in [2.75, 3.05) is 30.0 Å². The van der Waals surface area contributed by atoms with Crippen LogP contribution in [0, 0.1) is 11.6 Å². The van der Waals surface area contributed by atoms with Gasteiger partial charge in [-0.2, -0.15) is 0 Å². The Labute approximate surface area is 265 Å². The molecule has 3 atom stereocenters. The zero-order valence-corrected chi connectivity index (χ0v) is 26.4. The molecule has 0 aliphatic heterocycles. The van der Waals surface area contributed by atoms with Crippen molar-refractivity contribution in [3.8, 4) is 0 Å². The molecule has 2 aromatic carbocycles. The molecule has 3 rings (SSSR count). The van der Waals surface area contributed by atoms with Crippen LogP contribution in [-0.2, 0) is 42.0 Å². The van der Waals surface area contributed by atoms with Crippen LogP contribution in [0.4, 0.5) is 14.5 Å². The molecule has 0 aliphatic rings. The molecule has 0 saturated carbocycles. The number of ketones is 1. The highest BCUT2D eigenvalue weighted by atomic mass is 35.5. The lowest BCUT2D eigenvalue weighted by Gasteiger charge is -2.19. The highest BCUT2D eigenvalue weighted by molar-refractivity contribution is 7.92. The van der Waals surface area contributed by atoms with E-state index in [0.717, 1.165) is 18.2 Å². The minimum atomic E-state index is -4.29. The van der Waals surface area contributed by atoms with Gasteiger partial charge in [-0.25, -0.2) is 31.9 Å². The van der Waals surface area contributed by atoms with Gasteiger partial charge in [0.2, 0.25) is 15.8 Å². The summed E-state index contributed by atoms with van der Waals surface area (Å²) >= 11 is 4.26. The molecule has 17 heteroatoms. The number of sulfonamides is 1. The summed E-state index contributed by atoms with van der Waals surface area (Å²) in [6, 6.07) is 6.55. The molecular formula is C28H30ClF2N3O9S2. The fraction of sp³-hybridized carbons (Fsp3) is 0.321. The third kappa shape index (κ3) is 11.1. The van der Waals surface area contributed by atoms with E-state index in [4.69, 9.17) is 30.6 Å². The van der Waals surface area contributed by atoms with Crippen LogP contribution in [0.2, 0.25) is 5.02 Å². The van der Waals surface area contributed by atoms with Gasteiger partial charge in [-0.05, 0) is 61.4 Å². The third-order valence-corrected chi connectivity index (χ3v) is 8.58. The van der Waals surface area contributed by atoms with Crippen molar-refractivity contribution < 1.29 is 50.0 Å². The van der Waals surface area contributed by atoms with Gasteiger partial charge in [0.25, 0.3) is 0 Å². The van der Waals surface area contributed by atoms with E-state index in [1.54, 1.807) is 19.1 Å². The van der Waals surface area contributed by atoms with Crippen molar-refractivity contribution in [3.63, 3.8) is 0 Å². The number of nitrogens with one attached hydrogen (secondary N) is 2. The quantitative estimate of drug-likeness (QED) is 0.114. The zero-order chi connectivity index (χ0) is 33.3. The fourth-order valence-electron chi connectivity index (χ4n) is 3.95. The van der Waals surface area contributed by atoms with Crippen LogP contribution in [0.25, 0.3) is 0 Å². The number of Topliss-reactive ketones (excluding diaryl/α,β-unsaturated/α-hetero) is 1. The summed E-state index contributed by atoms with van der Waals surface area (Å²) in [5.74, 6) is -4.39. The highest BCUT2D eigenvalue weighted by Crippen LogP contribution is 2.29. The predicted octanol–water partition coefficient (Wildman–Crippen LogP) is 3.17. The van der Waals surface area contributed by atoms with E-state index >= 15 is 0 Å². The summed E-state index contributed by atoms with van der Waals surface area (Å²) in [5, 5.41) is 10.7. The second-order valence-electron chi connectivity index (χ2n) is 9.73.